The molecule has 12 aromatic rings. The van der Waals surface area contributed by atoms with Gasteiger partial charge in [-0.1, -0.05) is 145 Å². The second kappa shape index (κ2) is 13.6. The molecule has 0 aliphatic carbocycles. The highest BCUT2D eigenvalue weighted by Crippen LogP contribution is 2.41. The number of aromatic nitrogens is 2. The van der Waals surface area contributed by atoms with Gasteiger partial charge >= 0.3 is 0 Å². The van der Waals surface area contributed by atoms with Gasteiger partial charge in [-0.15, -0.1) is 0 Å². The number of aryl methyl sites for hydroxylation is 1. The van der Waals surface area contributed by atoms with E-state index in [1.165, 1.54) is 42.7 Å². The highest BCUT2D eigenvalue weighted by atomic mass is 28.3. The van der Waals surface area contributed by atoms with Gasteiger partial charge in [-0.25, -0.2) is 0 Å². The third-order valence-electron chi connectivity index (χ3n) is 12.8. The number of benzene rings is 9. The highest BCUT2D eigenvalue weighted by Gasteiger charge is 2.42. The maximum atomic E-state index is 11.0. The topological polar surface area (TPSA) is 46.8 Å². The van der Waals surface area contributed by atoms with Crippen LogP contribution in [0.5, 0.6) is 0 Å². The second-order valence-electron chi connectivity index (χ2n) is 16.0. The summed E-state index contributed by atoms with van der Waals surface area (Å²) in [5.74, 6) is 0. The van der Waals surface area contributed by atoms with Crippen LogP contribution in [0.25, 0.3) is 76.9 Å². The van der Waals surface area contributed by atoms with Crippen LogP contribution in [-0.2, 0) is 0 Å². The SMILES string of the molecule is Cc1ccc2c(c1)c1c3c(ccc1n2-c1ccc([Si](c2ccccc2)(c2ccccc2)c2ccc(-n4c5ccccc5c5ccccc54)c(C#N)c2)cc1)oc1ccccc13. The van der Waals surface area contributed by atoms with Gasteiger partial charge in [-0.3, -0.25) is 0 Å². The van der Waals surface area contributed by atoms with Crippen molar-refractivity contribution in [1.29, 1.82) is 5.26 Å². The molecule has 0 radical (unpaired) electrons. The van der Waals surface area contributed by atoms with E-state index in [9.17, 15) is 5.26 Å². The predicted molar refractivity (Wildman–Crippen MR) is 255 cm³/mol. The maximum absolute atomic E-state index is 11.0. The lowest BCUT2D eigenvalue weighted by Crippen LogP contribution is -2.74. The summed E-state index contributed by atoms with van der Waals surface area (Å²) in [4.78, 5) is 0. The molecule has 0 saturated carbocycles. The smallest absolute Gasteiger partial charge is 0.179 e. The standard InChI is InChI=1S/C56H37N3OSi/c1-37-24-30-51-47(34-37)55-52(32-33-54-56(55)46-20-10-13-23-53(46)60-54)58(51)39-25-27-42(28-26-39)61(40-14-4-2-5-15-40,41-16-6-3-7-17-41)43-29-31-48(38(35-43)36-57)59-49-21-11-8-18-44(49)45-19-9-12-22-50(45)59/h2-35H,1H3. The molecule has 0 bridgehead atoms. The van der Waals surface area contributed by atoms with E-state index in [4.69, 9.17) is 4.42 Å². The first-order valence-electron chi connectivity index (χ1n) is 20.7. The first-order valence-corrected chi connectivity index (χ1v) is 22.7. The monoisotopic (exact) mass is 795 g/mol. The number of fused-ring (bicyclic) bond motifs is 10. The second-order valence-corrected chi connectivity index (χ2v) is 19.8. The van der Waals surface area contributed by atoms with Gasteiger partial charge in [0.15, 0.2) is 8.07 Å². The minimum absolute atomic E-state index is 0.642. The fourth-order valence-electron chi connectivity index (χ4n) is 10.2. The molecule has 12 rings (SSSR count). The van der Waals surface area contributed by atoms with E-state index >= 15 is 0 Å². The molecule has 3 aromatic heterocycles. The predicted octanol–water partition coefficient (Wildman–Crippen LogP) is 11.3. The minimum Gasteiger partial charge on any atom is -0.456 e. The van der Waals surface area contributed by atoms with E-state index < -0.39 is 8.07 Å². The van der Waals surface area contributed by atoms with Gasteiger partial charge in [0, 0.05) is 38.0 Å². The Hall–Kier alpha value is -7.91. The number of para-hydroxylation sites is 3. The average Bonchev–Trinajstić information content (AvgIpc) is 3.97. The number of nitriles is 1. The maximum Gasteiger partial charge on any atom is 0.179 e. The molecule has 0 amide bonds. The van der Waals surface area contributed by atoms with Gasteiger partial charge in [-0.2, -0.15) is 5.26 Å². The van der Waals surface area contributed by atoms with Crippen LogP contribution in [0.1, 0.15) is 11.1 Å². The van der Waals surface area contributed by atoms with E-state index in [2.05, 4.69) is 222 Å². The third-order valence-corrected chi connectivity index (χ3v) is 17.5. The summed E-state index contributed by atoms with van der Waals surface area (Å²) in [5.41, 5.74) is 10.1. The normalized spacial score (nSPS) is 12.0. The number of furan rings is 1. The zero-order valence-corrected chi connectivity index (χ0v) is 34.4. The van der Waals surface area contributed by atoms with Crippen molar-refractivity contribution < 1.29 is 4.42 Å². The fraction of sp³-hybridized carbons (Fsp3) is 0.0179. The lowest BCUT2D eigenvalue weighted by atomic mass is 10.0. The van der Waals surface area contributed by atoms with E-state index in [1.807, 2.05) is 6.07 Å². The van der Waals surface area contributed by atoms with Gasteiger partial charge in [-0.05, 0) is 94.4 Å². The lowest BCUT2D eigenvalue weighted by molar-refractivity contribution is 0.669. The Labute approximate surface area is 353 Å². The molecule has 61 heavy (non-hydrogen) atoms. The van der Waals surface area contributed by atoms with Crippen LogP contribution < -0.4 is 20.7 Å². The van der Waals surface area contributed by atoms with Gasteiger partial charge in [0.2, 0.25) is 0 Å². The summed E-state index contributed by atoms with van der Waals surface area (Å²) in [7, 11) is -3.03. The molecule has 0 fully saturated rings. The molecule has 3 heterocycles. The molecule has 9 aromatic carbocycles. The molecular weight excluding hydrogens is 759 g/mol. The Morgan fingerprint density at radius 3 is 1.66 bits per heavy atom. The molecule has 0 aliphatic heterocycles. The average molecular weight is 796 g/mol. The summed E-state index contributed by atoms with van der Waals surface area (Å²) in [6.07, 6.45) is 0. The number of hydrogen-bond acceptors (Lipinski definition) is 2. The Kier molecular flexibility index (Phi) is 7.80. The van der Waals surface area contributed by atoms with Gasteiger partial charge in [0.1, 0.15) is 17.2 Å². The van der Waals surface area contributed by atoms with E-state index in [1.54, 1.807) is 0 Å². The van der Waals surface area contributed by atoms with E-state index in [0.29, 0.717) is 5.56 Å². The summed E-state index contributed by atoms with van der Waals surface area (Å²) in [6.45, 7) is 2.16. The Bertz CT molecular complexity index is 3630. The molecule has 0 unspecified atom stereocenters. The van der Waals surface area contributed by atoms with Gasteiger partial charge < -0.3 is 13.6 Å². The number of rotatable bonds is 6. The van der Waals surface area contributed by atoms with Crippen LogP contribution in [0.3, 0.4) is 0 Å². The first kappa shape index (κ1) is 35.1. The summed E-state index contributed by atoms with van der Waals surface area (Å²) < 4.78 is 11.0. The Morgan fingerprint density at radius 2 is 0.984 bits per heavy atom. The van der Waals surface area contributed by atoms with Crippen molar-refractivity contribution in [2.75, 3.05) is 0 Å². The van der Waals surface area contributed by atoms with Crippen LogP contribution in [0, 0.1) is 18.3 Å². The molecule has 0 aliphatic rings. The van der Waals surface area contributed by atoms with E-state index in [0.717, 1.165) is 60.6 Å². The summed E-state index contributed by atoms with van der Waals surface area (Å²) >= 11 is 0. The Balaban J connectivity index is 1.10. The number of nitrogens with zero attached hydrogens (tertiary/aromatic N) is 3. The van der Waals surface area contributed by atoms with Crippen molar-refractivity contribution in [3.8, 4) is 17.4 Å². The van der Waals surface area contributed by atoms with E-state index in [-0.39, 0.29) is 0 Å². The molecule has 0 atom stereocenters. The van der Waals surface area contributed by atoms with Crippen LogP contribution in [0.15, 0.2) is 211 Å². The van der Waals surface area contributed by atoms with Crippen LogP contribution >= 0.6 is 0 Å². The molecule has 0 N–H and O–H groups in total. The largest absolute Gasteiger partial charge is 0.456 e. The highest BCUT2D eigenvalue weighted by molar-refractivity contribution is 7.19. The summed E-state index contributed by atoms with van der Waals surface area (Å²) in [6, 6.07) is 76.8. The molecule has 4 nitrogen and oxygen atoms in total. The van der Waals surface area contributed by atoms with Crippen molar-refractivity contribution in [1.82, 2.24) is 9.13 Å². The molecule has 5 heteroatoms. The zero-order chi connectivity index (χ0) is 40.7. The minimum atomic E-state index is -3.03. The molecular formula is C56H37N3OSi. The van der Waals surface area contributed by atoms with Crippen molar-refractivity contribution >= 4 is 94.4 Å². The van der Waals surface area contributed by atoms with Gasteiger partial charge in [0.05, 0.1) is 33.3 Å². The van der Waals surface area contributed by atoms with Crippen LogP contribution in [0.2, 0.25) is 0 Å². The summed E-state index contributed by atoms with van der Waals surface area (Å²) in [5, 5.41) is 23.0. The van der Waals surface area contributed by atoms with Gasteiger partial charge in [0.25, 0.3) is 0 Å². The van der Waals surface area contributed by atoms with Crippen molar-refractivity contribution in [2.45, 2.75) is 6.92 Å². The lowest BCUT2D eigenvalue weighted by Gasteiger charge is -2.35. The van der Waals surface area contributed by atoms with Crippen molar-refractivity contribution in [2.24, 2.45) is 0 Å². The molecule has 0 saturated heterocycles. The molecule has 286 valence electrons. The number of hydrogen-bond donors (Lipinski definition) is 0. The Morgan fingerprint density at radius 1 is 0.426 bits per heavy atom. The van der Waals surface area contributed by atoms with Crippen LogP contribution in [-0.4, -0.2) is 17.2 Å². The zero-order valence-electron chi connectivity index (χ0n) is 33.4. The quantitative estimate of drug-likeness (QED) is 0.124. The third kappa shape index (κ3) is 5.10. The van der Waals surface area contributed by atoms with Crippen molar-refractivity contribution in [3.05, 3.63) is 217 Å². The van der Waals surface area contributed by atoms with Crippen LogP contribution in [0.4, 0.5) is 0 Å². The molecule has 0 spiro atoms. The van der Waals surface area contributed by atoms with Crippen molar-refractivity contribution in [3.63, 3.8) is 0 Å². The first-order chi connectivity index (χ1) is 30.1. The fourth-order valence-corrected chi connectivity index (χ4v) is 14.9.